The summed E-state index contributed by atoms with van der Waals surface area (Å²) < 4.78 is 18.1. The second-order valence-corrected chi connectivity index (χ2v) is 3.71. The van der Waals surface area contributed by atoms with Gasteiger partial charge in [-0.1, -0.05) is 0 Å². The molecule has 100 valence electrons. The first-order valence-electron chi connectivity index (χ1n) is 5.51. The summed E-state index contributed by atoms with van der Waals surface area (Å²) in [5.41, 5.74) is 0.433. The molecule has 0 radical (unpaired) electrons. The smallest absolute Gasteiger partial charge is 0.358 e. The number of benzene rings is 1. The van der Waals surface area contributed by atoms with Gasteiger partial charge in [-0.3, -0.25) is 0 Å². The van der Waals surface area contributed by atoms with Crippen molar-refractivity contribution in [3.63, 3.8) is 0 Å². The lowest BCUT2D eigenvalue weighted by atomic mass is 10.2. The lowest BCUT2D eigenvalue weighted by Gasteiger charge is -2.06. The van der Waals surface area contributed by atoms with E-state index in [1.165, 1.54) is 31.6 Å². The Bertz CT molecular complexity index is 680. The highest BCUT2D eigenvalue weighted by molar-refractivity contribution is 5.86. The van der Waals surface area contributed by atoms with E-state index in [9.17, 15) is 9.18 Å². The van der Waals surface area contributed by atoms with Gasteiger partial charge in [0, 0.05) is 0 Å². The first-order valence-corrected chi connectivity index (χ1v) is 5.51. The zero-order valence-corrected chi connectivity index (χ0v) is 10.4. The number of rotatable bonds is 3. The average molecular weight is 272 g/mol. The monoisotopic (exact) mass is 272 g/mol. The van der Waals surface area contributed by atoms with E-state index in [2.05, 4.69) is 20.0 Å². The van der Waals surface area contributed by atoms with Gasteiger partial charge < -0.3 is 10.1 Å². The molecule has 0 amide bonds. The van der Waals surface area contributed by atoms with Crippen molar-refractivity contribution >= 4 is 17.5 Å². The summed E-state index contributed by atoms with van der Waals surface area (Å²) in [4.78, 5) is 18.9. The van der Waals surface area contributed by atoms with E-state index in [0.717, 1.165) is 6.07 Å². The number of nitrogens with zero attached hydrogens (tertiary/aromatic N) is 3. The van der Waals surface area contributed by atoms with E-state index in [4.69, 9.17) is 5.26 Å². The fraction of sp³-hybridized carbons (Fsp3) is 0.0769. The number of hydrogen-bond donors (Lipinski definition) is 1. The number of anilines is 2. The van der Waals surface area contributed by atoms with Gasteiger partial charge in [-0.2, -0.15) is 5.26 Å². The molecule has 0 atom stereocenters. The normalized spacial score (nSPS) is 9.65. The molecule has 0 saturated carbocycles. The first-order chi connectivity index (χ1) is 9.63. The van der Waals surface area contributed by atoms with Crippen LogP contribution in [0.2, 0.25) is 0 Å². The van der Waals surface area contributed by atoms with Crippen molar-refractivity contribution in [1.29, 1.82) is 5.26 Å². The molecule has 6 nitrogen and oxygen atoms in total. The maximum atomic E-state index is 13.6. The molecule has 0 unspecified atom stereocenters. The fourth-order valence-electron chi connectivity index (χ4n) is 1.43. The minimum absolute atomic E-state index is 0.0540. The van der Waals surface area contributed by atoms with Crippen LogP contribution in [0.25, 0.3) is 0 Å². The molecule has 1 heterocycles. The van der Waals surface area contributed by atoms with Crippen molar-refractivity contribution in [1.82, 2.24) is 9.97 Å². The number of ether oxygens (including phenoxy) is 1. The molecule has 0 spiro atoms. The van der Waals surface area contributed by atoms with Crippen LogP contribution in [-0.4, -0.2) is 23.0 Å². The molecule has 0 aliphatic heterocycles. The lowest BCUT2D eigenvalue weighted by Crippen LogP contribution is -2.06. The zero-order valence-electron chi connectivity index (χ0n) is 10.4. The van der Waals surface area contributed by atoms with Gasteiger partial charge >= 0.3 is 5.97 Å². The number of halogens is 1. The fourth-order valence-corrected chi connectivity index (χ4v) is 1.43. The Morgan fingerprint density at radius 2 is 2.20 bits per heavy atom. The second kappa shape index (κ2) is 5.75. The standard InChI is InChI=1S/C13H9FN4O2/c1-20-13(19)11-6-17-12(7-16-11)18-10-3-2-8(5-15)4-9(10)14/h2-4,6-7H,1H3,(H,17,18). The predicted molar refractivity (Wildman–Crippen MR) is 67.8 cm³/mol. The van der Waals surface area contributed by atoms with Crippen LogP contribution in [0.1, 0.15) is 16.1 Å². The summed E-state index contributed by atoms with van der Waals surface area (Å²) in [6.07, 6.45) is 2.50. The van der Waals surface area contributed by atoms with Gasteiger partial charge in [-0.05, 0) is 18.2 Å². The van der Waals surface area contributed by atoms with Crippen LogP contribution < -0.4 is 5.32 Å². The molecule has 1 aromatic heterocycles. The summed E-state index contributed by atoms with van der Waals surface area (Å²) >= 11 is 0. The summed E-state index contributed by atoms with van der Waals surface area (Å²) in [5, 5.41) is 11.3. The highest BCUT2D eigenvalue weighted by Gasteiger charge is 2.09. The number of carbonyl (C=O) groups excluding carboxylic acids is 1. The number of aromatic nitrogens is 2. The van der Waals surface area contributed by atoms with Crippen LogP contribution in [-0.2, 0) is 4.74 Å². The van der Waals surface area contributed by atoms with Crippen LogP contribution in [0, 0.1) is 17.1 Å². The third kappa shape index (κ3) is 2.87. The van der Waals surface area contributed by atoms with Gasteiger partial charge in [0.1, 0.15) is 11.6 Å². The molecule has 7 heteroatoms. The molecule has 0 aliphatic carbocycles. The van der Waals surface area contributed by atoms with Crippen molar-refractivity contribution in [2.75, 3.05) is 12.4 Å². The molecule has 0 aliphatic rings. The topological polar surface area (TPSA) is 87.9 Å². The highest BCUT2D eigenvalue weighted by Crippen LogP contribution is 2.19. The largest absolute Gasteiger partial charge is 0.464 e. The maximum Gasteiger partial charge on any atom is 0.358 e. The molecule has 2 rings (SSSR count). The molecule has 0 saturated heterocycles. The number of methoxy groups -OCH3 is 1. The van der Waals surface area contributed by atoms with Crippen LogP contribution in [0.15, 0.2) is 30.6 Å². The molecule has 0 fully saturated rings. The van der Waals surface area contributed by atoms with E-state index >= 15 is 0 Å². The van der Waals surface area contributed by atoms with Crippen molar-refractivity contribution in [2.45, 2.75) is 0 Å². The van der Waals surface area contributed by atoms with Crippen molar-refractivity contribution < 1.29 is 13.9 Å². The first kappa shape index (κ1) is 13.4. The average Bonchev–Trinajstić information content (AvgIpc) is 2.49. The van der Waals surface area contributed by atoms with E-state index in [1.807, 2.05) is 6.07 Å². The molecule has 1 N–H and O–H groups in total. The van der Waals surface area contributed by atoms with Crippen molar-refractivity contribution in [2.24, 2.45) is 0 Å². The molecule has 1 aromatic carbocycles. The van der Waals surface area contributed by atoms with Gasteiger partial charge in [-0.15, -0.1) is 0 Å². The van der Waals surface area contributed by atoms with Gasteiger partial charge in [0.25, 0.3) is 0 Å². The predicted octanol–water partition coefficient (Wildman–Crippen LogP) is 2.02. The van der Waals surface area contributed by atoms with E-state index in [1.54, 1.807) is 0 Å². The SMILES string of the molecule is COC(=O)c1cnc(Nc2ccc(C#N)cc2F)cn1. The number of nitriles is 1. The number of hydrogen-bond acceptors (Lipinski definition) is 6. The summed E-state index contributed by atoms with van der Waals surface area (Å²) in [5.74, 6) is -0.919. The Kier molecular flexibility index (Phi) is 3.86. The Morgan fingerprint density at radius 3 is 2.75 bits per heavy atom. The van der Waals surface area contributed by atoms with E-state index in [-0.39, 0.29) is 22.8 Å². The Labute approximate surface area is 113 Å². The number of carbonyl (C=O) groups is 1. The molecule has 0 bridgehead atoms. The Balaban J connectivity index is 2.18. The Morgan fingerprint density at radius 1 is 1.40 bits per heavy atom. The molecule has 20 heavy (non-hydrogen) atoms. The van der Waals surface area contributed by atoms with Gasteiger partial charge in [0.05, 0.1) is 36.8 Å². The summed E-state index contributed by atoms with van der Waals surface area (Å²) in [7, 11) is 1.24. The van der Waals surface area contributed by atoms with Gasteiger partial charge in [0.2, 0.25) is 0 Å². The van der Waals surface area contributed by atoms with Gasteiger partial charge in [0.15, 0.2) is 5.69 Å². The second-order valence-electron chi connectivity index (χ2n) is 3.71. The van der Waals surface area contributed by atoms with Crippen molar-refractivity contribution in [3.8, 4) is 6.07 Å². The summed E-state index contributed by atoms with van der Waals surface area (Å²) in [6.45, 7) is 0. The van der Waals surface area contributed by atoms with Crippen LogP contribution in [0.3, 0.4) is 0 Å². The minimum atomic E-state index is -0.603. The zero-order chi connectivity index (χ0) is 14.5. The Hall–Kier alpha value is -3.01. The highest BCUT2D eigenvalue weighted by atomic mass is 19.1. The molecular weight excluding hydrogens is 263 g/mol. The maximum absolute atomic E-state index is 13.6. The third-order valence-corrected chi connectivity index (χ3v) is 2.41. The van der Waals surface area contributed by atoms with Crippen LogP contribution >= 0.6 is 0 Å². The van der Waals surface area contributed by atoms with Crippen LogP contribution in [0.5, 0.6) is 0 Å². The lowest BCUT2D eigenvalue weighted by molar-refractivity contribution is 0.0593. The van der Waals surface area contributed by atoms with Crippen LogP contribution in [0.4, 0.5) is 15.9 Å². The van der Waals surface area contributed by atoms with Gasteiger partial charge in [-0.25, -0.2) is 19.2 Å². The number of nitrogens with one attached hydrogen (secondary N) is 1. The number of esters is 1. The van der Waals surface area contributed by atoms with E-state index < -0.39 is 11.8 Å². The molecule has 2 aromatic rings. The third-order valence-electron chi connectivity index (χ3n) is 2.41. The quantitative estimate of drug-likeness (QED) is 0.860. The molecular formula is C13H9FN4O2. The summed E-state index contributed by atoms with van der Waals surface area (Å²) in [6, 6.07) is 5.84. The van der Waals surface area contributed by atoms with Crippen molar-refractivity contribution in [3.05, 3.63) is 47.7 Å². The minimum Gasteiger partial charge on any atom is -0.464 e. The van der Waals surface area contributed by atoms with E-state index in [0.29, 0.717) is 0 Å².